The van der Waals surface area contributed by atoms with E-state index in [1.807, 2.05) is 0 Å². The van der Waals surface area contributed by atoms with E-state index in [1.165, 1.54) is 12.1 Å². The Morgan fingerprint density at radius 2 is 2.33 bits per heavy atom. The summed E-state index contributed by atoms with van der Waals surface area (Å²) >= 11 is 0. The van der Waals surface area contributed by atoms with E-state index in [1.54, 1.807) is 19.3 Å². The van der Waals surface area contributed by atoms with Crippen molar-refractivity contribution in [1.82, 2.24) is 10.3 Å². The molecule has 0 radical (unpaired) electrons. The van der Waals surface area contributed by atoms with Gasteiger partial charge in [-0.3, -0.25) is 0 Å². The number of nitrogens with one attached hydrogen (secondary N) is 2. The van der Waals surface area contributed by atoms with Gasteiger partial charge in [-0.2, -0.15) is 0 Å². The van der Waals surface area contributed by atoms with Gasteiger partial charge < -0.3 is 15.4 Å². The van der Waals surface area contributed by atoms with Gasteiger partial charge >= 0.3 is 0 Å². The zero-order chi connectivity index (χ0) is 10.8. The van der Waals surface area contributed by atoms with E-state index >= 15 is 0 Å². The van der Waals surface area contributed by atoms with Crippen LogP contribution in [0.2, 0.25) is 0 Å². The Morgan fingerprint density at radius 1 is 1.53 bits per heavy atom. The molecule has 80 valence electrons. The van der Waals surface area contributed by atoms with Crippen LogP contribution in [0.4, 0.5) is 4.39 Å². The van der Waals surface area contributed by atoms with Gasteiger partial charge in [0.2, 0.25) is 0 Å². The first-order valence-electron chi connectivity index (χ1n) is 4.81. The summed E-state index contributed by atoms with van der Waals surface area (Å²) in [5.74, 6) is -0.292. The standard InChI is InChI=1S/C11H13FN2O/c1-13-6-11(15)9-5-14-10-3-2-7(12)4-8(9)10/h2-5,11,13-15H,6H2,1H3. The van der Waals surface area contributed by atoms with Crippen LogP contribution in [0, 0.1) is 5.82 Å². The molecule has 2 aromatic rings. The van der Waals surface area contributed by atoms with E-state index in [0.29, 0.717) is 6.54 Å². The summed E-state index contributed by atoms with van der Waals surface area (Å²) in [4.78, 5) is 3.00. The predicted molar refractivity (Wildman–Crippen MR) is 57.1 cm³/mol. The normalized spacial score (nSPS) is 13.3. The van der Waals surface area contributed by atoms with Gasteiger partial charge in [-0.15, -0.1) is 0 Å². The van der Waals surface area contributed by atoms with Gasteiger partial charge in [0, 0.05) is 29.2 Å². The first-order chi connectivity index (χ1) is 7.22. The summed E-state index contributed by atoms with van der Waals surface area (Å²) in [6, 6.07) is 4.49. The van der Waals surface area contributed by atoms with Gasteiger partial charge in [-0.25, -0.2) is 4.39 Å². The molecular formula is C11H13FN2O. The second-order valence-electron chi connectivity index (χ2n) is 3.51. The number of fused-ring (bicyclic) bond motifs is 1. The highest BCUT2D eigenvalue weighted by Crippen LogP contribution is 2.24. The Kier molecular flexibility index (Phi) is 2.70. The van der Waals surface area contributed by atoms with Crippen molar-refractivity contribution >= 4 is 10.9 Å². The van der Waals surface area contributed by atoms with Crippen molar-refractivity contribution in [3.8, 4) is 0 Å². The van der Waals surface area contributed by atoms with E-state index in [0.717, 1.165) is 16.5 Å². The fraction of sp³-hybridized carbons (Fsp3) is 0.273. The summed E-state index contributed by atoms with van der Waals surface area (Å²) < 4.78 is 13.0. The maximum Gasteiger partial charge on any atom is 0.123 e. The van der Waals surface area contributed by atoms with E-state index in [4.69, 9.17) is 0 Å². The molecule has 0 bridgehead atoms. The third-order valence-corrected chi connectivity index (χ3v) is 2.43. The number of H-pyrrole nitrogens is 1. The number of halogens is 1. The minimum absolute atomic E-state index is 0.292. The van der Waals surface area contributed by atoms with Crippen molar-refractivity contribution in [2.45, 2.75) is 6.10 Å². The van der Waals surface area contributed by atoms with Gasteiger partial charge in [-0.1, -0.05) is 0 Å². The van der Waals surface area contributed by atoms with Crippen LogP contribution < -0.4 is 5.32 Å². The molecule has 0 spiro atoms. The van der Waals surface area contributed by atoms with Crippen molar-refractivity contribution in [2.75, 3.05) is 13.6 Å². The van der Waals surface area contributed by atoms with Crippen molar-refractivity contribution in [3.05, 3.63) is 35.8 Å². The molecule has 1 atom stereocenters. The topological polar surface area (TPSA) is 48.0 Å². The number of likely N-dealkylation sites (N-methyl/N-ethyl adjacent to an activating group) is 1. The number of aromatic amines is 1. The van der Waals surface area contributed by atoms with Crippen LogP contribution in [0.5, 0.6) is 0 Å². The third kappa shape index (κ3) is 1.86. The fourth-order valence-corrected chi connectivity index (χ4v) is 1.69. The van der Waals surface area contributed by atoms with Crippen molar-refractivity contribution in [3.63, 3.8) is 0 Å². The van der Waals surface area contributed by atoms with Crippen LogP contribution in [0.25, 0.3) is 10.9 Å². The second-order valence-corrected chi connectivity index (χ2v) is 3.51. The second kappa shape index (κ2) is 4.00. The Labute approximate surface area is 86.9 Å². The van der Waals surface area contributed by atoms with Gasteiger partial charge in [-0.05, 0) is 25.2 Å². The molecule has 15 heavy (non-hydrogen) atoms. The van der Waals surface area contributed by atoms with Crippen LogP contribution in [0.15, 0.2) is 24.4 Å². The number of aliphatic hydroxyl groups is 1. The molecule has 0 aliphatic rings. The fourth-order valence-electron chi connectivity index (χ4n) is 1.69. The lowest BCUT2D eigenvalue weighted by Gasteiger charge is -2.08. The Hall–Kier alpha value is -1.39. The van der Waals surface area contributed by atoms with Crippen LogP contribution in [-0.2, 0) is 0 Å². The van der Waals surface area contributed by atoms with Gasteiger partial charge in [0.1, 0.15) is 5.82 Å². The molecule has 0 fully saturated rings. The zero-order valence-corrected chi connectivity index (χ0v) is 8.42. The molecule has 0 saturated heterocycles. The molecule has 1 aromatic heterocycles. The number of aliphatic hydroxyl groups excluding tert-OH is 1. The molecule has 2 rings (SSSR count). The number of benzene rings is 1. The van der Waals surface area contributed by atoms with E-state index in [9.17, 15) is 9.50 Å². The number of hydrogen-bond donors (Lipinski definition) is 3. The SMILES string of the molecule is CNCC(O)c1c[nH]c2ccc(F)cc12. The molecule has 1 heterocycles. The third-order valence-electron chi connectivity index (χ3n) is 2.43. The van der Waals surface area contributed by atoms with Gasteiger partial charge in [0.15, 0.2) is 0 Å². The monoisotopic (exact) mass is 208 g/mol. The maximum atomic E-state index is 13.0. The van der Waals surface area contributed by atoms with Crippen molar-refractivity contribution in [2.24, 2.45) is 0 Å². The Morgan fingerprint density at radius 3 is 3.07 bits per heavy atom. The highest BCUT2D eigenvalue weighted by molar-refractivity contribution is 5.83. The summed E-state index contributed by atoms with van der Waals surface area (Å²) in [5, 5.41) is 13.4. The van der Waals surface area contributed by atoms with Crippen LogP contribution in [0.3, 0.4) is 0 Å². The minimum Gasteiger partial charge on any atom is -0.387 e. The summed E-state index contributed by atoms with van der Waals surface area (Å²) in [5.41, 5.74) is 1.56. The average molecular weight is 208 g/mol. The molecule has 3 N–H and O–H groups in total. The van der Waals surface area contributed by atoms with Gasteiger partial charge in [0.05, 0.1) is 6.10 Å². The number of hydrogen-bond acceptors (Lipinski definition) is 2. The van der Waals surface area contributed by atoms with Gasteiger partial charge in [0.25, 0.3) is 0 Å². The predicted octanol–water partition coefficient (Wildman–Crippen LogP) is 1.56. The summed E-state index contributed by atoms with van der Waals surface area (Å²) in [7, 11) is 1.76. The molecule has 0 aliphatic heterocycles. The summed E-state index contributed by atoms with van der Waals surface area (Å²) in [6.07, 6.45) is 1.09. The Balaban J connectivity index is 2.47. The zero-order valence-electron chi connectivity index (χ0n) is 8.42. The van der Waals surface area contributed by atoms with Crippen LogP contribution >= 0.6 is 0 Å². The lowest BCUT2D eigenvalue weighted by atomic mass is 10.1. The first kappa shape index (κ1) is 10.1. The maximum absolute atomic E-state index is 13.0. The molecule has 1 unspecified atom stereocenters. The Bertz CT molecular complexity index is 467. The van der Waals surface area contributed by atoms with Crippen LogP contribution in [0.1, 0.15) is 11.7 Å². The summed E-state index contributed by atoms with van der Waals surface area (Å²) in [6.45, 7) is 0.448. The lowest BCUT2D eigenvalue weighted by Crippen LogP contribution is -2.16. The van der Waals surface area contributed by atoms with E-state index < -0.39 is 6.10 Å². The van der Waals surface area contributed by atoms with Crippen LogP contribution in [-0.4, -0.2) is 23.7 Å². The minimum atomic E-state index is -0.620. The molecule has 0 saturated carbocycles. The van der Waals surface area contributed by atoms with Crippen molar-refractivity contribution < 1.29 is 9.50 Å². The molecule has 4 heteroatoms. The highest BCUT2D eigenvalue weighted by Gasteiger charge is 2.12. The largest absolute Gasteiger partial charge is 0.387 e. The quantitative estimate of drug-likeness (QED) is 0.717. The molecule has 0 aliphatic carbocycles. The smallest absolute Gasteiger partial charge is 0.123 e. The molecule has 0 amide bonds. The average Bonchev–Trinajstić information content (AvgIpc) is 2.60. The van der Waals surface area contributed by atoms with E-state index in [-0.39, 0.29) is 5.82 Å². The van der Waals surface area contributed by atoms with Crippen molar-refractivity contribution in [1.29, 1.82) is 0 Å². The molecular weight excluding hydrogens is 195 g/mol. The number of aromatic nitrogens is 1. The molecule has 1 aromatic carbocycles. The number of rotatable bonds is 3. The lowest BCUT2D eigenvalue weighted by molar-refractivity contribution is 0.179. The van der Waals surface area contributed by atoms with E-state index in [2.05, 4.69) is 10.3 Å². The molecule has 3 nitrogen and oxygen atoms in total. The highest BCUT2D eigenvalue weighted by atomic mass is 19.1. The first-order valence-corrected chi connectivity index (χ1v) is 4.81.